The van der Waals surface area contributed by atoms with Crippen molar-refractivity contribution in [2.45, 2.75) is 29.9 Å². The summed E-state index contributed by atoms with van der Waals surface area (Å²) in [5, 5.41) is 9.96. The van der Waals surface area contributed by atoms with E-state index >= 15 is 0 Å². The van der Waals surface area contributed by atoms with Gasteiger partial charge in [0.15, 0.2) is 0 Å². The Morgan fingerprint density at radius 3 is 2.64 bits per heavy atom. The zero-order chi connectivity index (χ0) is 23.8. The standard InChI is InChI=1S/C23H21Cl2NO5S2/c1-2-31-16-5-7-20-17(12-16)15(4-9-22(27)28)13-26(20)33(29,30)23-10-8-21(32-23)14-3-6-18(24)19(25)11-14/h3,5-8,10-12,15H,2,4,9,13H2,1H3,(H,27,28). The number of carboxylic acids is 1. The highest BCUT2D eigenvalue weighted by Crippen LogP contribution is 2.45. The molecule has 0 aliphatic carbocycles. The quantitative estimate of drug-likeness (QED) is 0.374. The Balaban J connectivity index is 1.68. The summed E-state index contributed by atoms with van der Waals surface area (Å²) >= 11 is 13.3. The van der Waals surface area contributed by atoms with Gasteiger partial charge in [-0.2, -0.15) is 0 Å². The predicted octanol–water partition coefficient (Wildman–Crippen LogP) is 6.28. The molecule has 2 aromatic carbocycles. The smallest absolute Gasteiger partial charge is 0.303 e. The Labute approximate surface area is 206 Å². The number of hydrogen-bond donors (Lipinski definition) is 1. The molecule has 3 aromatic rings. The van der Waals surface area contributed by atoms with Gasteiger partial charge in [0.1, 0.15) is 9.96 Å². The molecule has 33 heavy (non-hydrogen) atoms. The second-order valence-electron chi connectivity index (χ2n) is 7.57. The molecule has 2 heterocycles. The van der Waals surface area contributed by atoms with Crippen molar-refractivity contribution in [2.24, 2.45) is 0 Å². The molecule has 0 amide bonds. The number of sulfonamides is 1. The van der Waals surface area contributed by atoms with Crippen LogP contribution in [-0.2, 0) is 14.8 Å². The molecule has 4 rings (SSSR count). The summed E-state index contributed by atoms with van der Waals surface area (Å²) in [5.41, 5.74) is 2.11. The zero-order valence-corrected chi connectivity index (χ0v) is 20.8. The van der Waals surface area contributed by atoms with E-state index in [2.05, 4.69) is 0 Å². The fraction of sp³-hybridized carbons (Fsp3) is 0.261. The van der Waals surface area contributed by atoms with Crippen molar-refractivity contribution in [3.8, 4) is 16.2 Å². The molecule has 0 radical (unpaired) electrons. The van der Waals surface area contributed by atoms with Crippen LogP contribution in [0.1, 0.15) is 31.2 Å². The van der Waals surface area contributed by atoms with Crippen molar-refractivity contribution < 1.29 is 23.1 Å². The molecule has 0 saturated carbocycles. The van der Waals surface area contributed by atoms with Crippen LogP contribution in [0.3, 0.4) is 0 Å². The molecule has 1 N–H and O–H groups in total. The minimum Gasteiger partial charge on any atom is -0.494 e. The first-order valence-corrected chi connectivity index (χ1v) is 13.3. The van der Waals surface area contributed by atoms with Crippen LogP contribution < -0.4 is 9.04 Å². The molecule has 1 aliphatic rings. The lowest BCUT2D eigenvalue weighted by molar-refractivity contribution is -0.137. The van der Waals surface area contributed by atoms with Gasteiger partial charge in [-0.1, -0.05) is 29.3 Å². The van der Waals surface area contributed by atoms with Crippen molar-refractivity contribution >= 4 is 56.2 Å². The Kier molecular flexibility index (Phi) is 6.91. The maximum absolute atomic E-state index is 13.6. The third-order valence-corrected chi connectivity index (χ3v) is 9.56. The van der Waals surface area contributed by atoms with E-state index in [1.54, 1.807) is 42.5 Å². The Morgan fingerprint density at radius 1 is 1.15 bits per heavy atom. The van der Waals surface area contributed by atoms with Crippen molar-refractivity contribution in [1.82, 2.24) is 0 Å². The maximum atomic E-state index is 13.6. The minimum atomic E-state index is -3.85. The number of hydrogen-bond acceptors (Lipinski definition) is 5. The summed E-state index contributed by atoms with van der Waals surface area (Å²) in [6, 6.07) is 13.8. The summed E-state index contributed by atoms with van der Waals surface area (Å²) in [6.07, 6.45) is 0.292. The van der Waals surface area contributed by atoms with E-state index in [1.165, 1.54) is 4.31 Å². The highest BCUT2D eigenvalue weighted by molar-refractivity contribution is 7.94. The van der Waals surface area contributed by atoms with Gasteiger partial charge < -0.3 is 9.84 Å². The highest BCUT2D eigenvalue weighted by Gasteiger charge is 2.37. The van der Waals surface area contributed by atoms with E-state index in [0.29, 0.717) is 34.5 Å². The second-order valence-corrected chi connectivity index (χ2v) is 11.6. The van der Waals surface area contributed by atoms with E-state index < -0.39 is 16.0 Å². The van der Waals surface area contributed by atoms with Crippen LogP contribution in [0, 0.1) is 0 Å². The Morgan fingerprint density at radius 2 is 1.94 bits per heavy atom. The van der Waals surface area contributed by atoms with E-state index in [1.807, 2.05) is 13.0 Å². The fourth-order valence-corrected chi connectivity index (χ4v) is 7.14. The number of thiophene rings is 1. The molecule has 1 aliphatic heterocycles. The van der Waals surface area contributed by atoms with Crippen molar-refractivity contribution in [2.75, 3.05) is 17.5 Å². The van der Waals surface area contributed by atoms with Crippen LogP contribution in [0.2, 0.25) is 10.0 Å². The second kappa shape index (κ2) is 9.54. The highest BCUT2D eigenvalue weighted by atomic mass is 35.5. The number of nitrogens with zero attached hydrogens (tertiary/aromatic N) is 1. The lowest BCUT2D eigenvalue weighted by Gasteiger charge is -2.19. The Bertz CT molecular complexity index is 1310. The number of ether oxygens (including phenoxy) is 1. The fourth-order valence-electron chi connectivity index (χ4n) is 3.88. The van der Waals surface area contributed by atoms with E-state index in [4.69, 9.17) is 33.0 Å². The normalized spacial score (nSPS) is 15.5. The van der Waals surface area contributed by atoms with Crippen LogP contribution >= 0.6 is 34.5 Å². The predicted molar refractivity (Wildman–Crippen MR) is 132 cm³/mol. The van der Waals surface area contributed by atoms with Gasteiger partial charge in [0, 0.05) is 23.8 Å². The SMILES string of the molecule is CCOc1ccc2c(c1)C(CCC(=O)O)CN2S(=O)(=O)c1ccc(-c2ccc(Cl)c(Cl)c2)s1. The molecule has 6 nitrogen and oxygen atoms in total. The lowest BCUT2D eigenvalue weighted by Crippen LogP contribution is -2.29. The number of halogens is 2. The summed E-state index contributed by atoms with van der Waals surface area (Å²) in [4.78, 5) is 11.9. The van der Waals surface area contributed by atoms with Crippen LogP contribution in [0.5, 0.6) is 5.75 Å². The molecule has 0 saturated heterocycles. The third kappa shape index (κ3) is 4.84. The average molecular weight is 526 g/mol. The summed E-state index contributed by atoms with van der Waals surface area (Å²) in [5.74, 6) is -0.516. The molecule has 1 unspecified atom stereocenters. The van der Waals surface area contributed by atoms with Gasteiger partial charge in [-0.25, -0.2) is 8.42 Å². The number of fused-ring (bicyclic) bond motifs is 1. The summed E-state index contributed by atoms with van der Waals surface area (Å²) in [6.45, 7) is 2.53. The van der Waals surface area contributed by atoms with Crippen LogP contribution in [0.15, 0.2) is 52.7 Å². The van der Waals surface area contributed by atoms with Gasteiger partial charge in [-0.05, 0) is 66.9 Å². The van der Waals surface area contributed by atoms with E-state index in [-0.39, 0.29) is 23.1 Å². The first-order chi connectivity index (χ1) is 15.7. The topological polar surface area (TPSA) is 83.9 Å². The number of benzene rings is 2. The number of carbonyl (C=O) groups is 1. The van der Waals surface area contributed by atoms with Crippen LogP contribution in [0.4, 0.5) is 5.69 Å². The minimum absolute atomic E-state index is 0.0443. The molecular weight excluding hydrogens is 505 g/mol. The number of rotatable bonds is 8. The summed E-state index contributed by atoms with van der Waals surface area (Å²) < 4.78 is 34.3. The van der Waals surface area contributed by atoms with Gasteiger partial charge in [-0.15, -0.1) is 11.3 Å². The van der Waals surface area contributed by atoms with E-state index in [9.17, 15) is 13.2 Å². The summed E-state index contributed by atoms with van der Waals surface area (Å²) in [7, 11) is -3.85. The zero-order valence-electron chi connectivity index (χ0n) is 17.6. The van der Waals surface area contributed by atoms with Crippen molar-refractivity contribution in [3.05, 3.63) is 64.1 Å². The van der Waals surface area contributed by atoms with Crippen LogP contribution in [-0.4, -0.2) is 32.6 Å². The monoisotopic (exact) mass is 525 g/mol. The van der Waals surface area contributed by atoms with Gasteiger partial charge in [0.2, 0.25) is 0 Å². The lowest BCUT2D eigenvalue weighted by atomic mass is 9.96. The van der Waals surface area contributed by atoms with E-state index in [0.717, 1.165) is 27.3 Å². The van der Waals surface area contributed by atoms with Gasteiger partial charge >= 0.3 is 5.97 Å². The number of anilines is 1. The van der Waals surface area contributed by atoms with Crippen LogP contribution in [0.25, 0.3) is 10.4 Å². The molecule has 174 valence electrons. The first kappa shape index (κ1) is 23.9. The Hall–Kier alpha value is -2.26. The van der Waals surface area contributed by atoms with Crippen molar-refractivity contribution in [3.63, 3.8) is 0 Å². The number of carboxylic acid groups (broad SMARTS) is 1. The number of aliphatic carboxylic acids is 1. The van der Waals surface area contributed by atoms with Gasteiger partial charge in [-0.3, -0.25) is 9.10 Å². The maximum Gasteiger partial charge on any atom is 0.303 e. The molecule has 0 bridgehead atoms. The van der Waals surface area contributed by atoms with Gasteiger partial charge in [0.05, 0.1) is 22.3 Å². The molecule has 0 fully saturated rings. The van der Waals surface area contributed by atoms with Gasteiger partial charge in [0.25, 0.3) is 10.0 Å². The largest absolute Gasteiger partial charge is 0.494 e. The van der Waals surface area contributed by atoms with Crippen molar-refractivity contribution in [1.29, 1.82) is 0 Å². The molecule has 0 spiro atoms. The average Bonchev–Trinajstić information content (AvgIpc) is 3.40. The first-order valence-electron chi connectivity index (χ1n) is 10.3. The molecule has 10 heteroatoms. The molecular formula is C23H21Cl2NO5S2. The molecule has 1 aromatic heterocycles. The third-order valence-electron chi connectivity index (χ3n) is 5.44. The molecule has 1 atom stereocenters.